The number of carbonyl (C=O) groups is 1. The van der Waals surface area contributed by atoms with Crippen molar-refractivity contribution in [2.24, 2.45) is 59.2 Å². The molecular formula is C20H26O3. The van der Waals surface area contributed by atoms with Crippen molar-refractivity contribution in [3.8, 4) is 0 Å². The Hall–Kier alpha value is -0.830. The first kappa shape index (κ1) is 13.5. The third kappa shape index (κ3) is 1.54. The third-order valence-electron chi connectivity index (χ3n) is 8.98. The van der Waals surface area contributed by atoms with Crippen molar-refractivity contribution in [1.29, 1.82) is 0 Å². The first-order valence-corrected chi connectivity index (χ1v) is 9.74. The highest BCUT2D eigenvalue weighted by atomic mass is 16.4. The van der Waals surface area contributed by atoms with Gasteiger partial charge in [0.15, 0.2) is 0 Å². The first-order valence-electron chi connectivity index (χ1n) is 9.74. The van der Waals surface area contributed by atoms with Crippen molar-refractivity contribution >= 4 is 5.97 Å². The Balaban J connectivity index is 1.32. The maximum atomic E-state index is 11.6. The average molecular weight is 314 g/mol. The SMILES string of the molecule is O=C(O)C1CC2CC1C1C3CC(C=C3C3CC4CC(O)C3C4)C21. The van der Waals surface area contributed by atoms with E-state index in [-0.39, 0.29) is 12.0 Å². The summed E-state index contributed by atoms with van der Waals surface area (Å²) in [7, 11) is 0. The van der Waals surface area contributed by atoms with Crippen LogP contribution in [-0.4, -0.2) is 22.3 Å². The number of carboxylic acid groups (broad SMARTS) is 1. The molecule has 6 aliphatic carbocycles. The Bertz CT molecular complexity index is 610. The number of aliphatic hydroxyl groups is 1. The molecule has 2 N–H and O–H groups in total. The number of aliphatic carboxylic acids is 1. The standard InChI is InChI=1S/C20H26O3/c21-17-3-8-1-11(13(17)2-8)12-4-9-5-14(12)19-15-6-10(18(9)19)7-16(15)20(22)23/h4,8-11,13-19,21H,1-3,5-7H2,(H,22,23). The number of carboxylic acids is 1. The van der Waals surface area contributed by atoms with E-state index in [1.54, 1.807) is 5.57 Å². The lowest BCUT2D eigenvalue weighted by Crippen LogP contribution is -2.37. The first-order chi connectivity index (χ1) is 11.1. The maximum absolute atomic E-state index is 11.6. The van der Waals surface area contributed by atoms with E-state index in [2.05, 4.69) is 6.08 Å². The van der Waals surface area contributed by atoms with Gasteiger partial charge in [-0.3, -0.25) is 4.79 Å². The van der Waals surface area contributed by atoms with Crippen LogP contribution in [0, 0.1) is 59.2 Å². The minimum Gasteiger partial charge on any atom is -0.481 e. The van der Waals surface area contributed by atoms with E-state index in [0.29, 0.717) is 35.5 Å². The fourth-order valence-corrected chi connectivity index (χ4v) is 8.55. The molecule has 0 heterocycles. The van der Waals surface area contributed by atoms with E-state index in [9.17, 15) is 15.0 Å². The average Bonchev–Trinajstić information content (AvgIpc) is 3.29. The van der Waals surface area contributed by atoms with Gasteiger partial charge in [0.05, 0.1) is 12.0 Å². The van der Waals surface area contributed by atoms with Gasteiger partial charge in [0.1, 0.15) is 0 Å². The van der Waals surface area contributed by atoms with Gasteiger partial charge in [-0.2, -0.15) is 0 Å². The Labute approximate surface area is 137 Å². The van der Waals surface area contributed by atoms with Gasteiger partial charge >= 0.3 is 5.97 Å². The van der Waals surface area contributed by atoms with E-state index < -0.39 is 5.97 Å². The molecule has 5 saturated carbocycles. The number of allylic oxidation sites excluding steroid dienone is 2. The van der Waals surface area contributed by atoms with Crippen molar-refractivity contribution in [1.82, 2.24) is 0 Å². The number of hydrogen-bond donors (Lipinski definition) is 2. The number of aliphatic hydroxyl groups excluding tert-OH is 1. The molecule has 6 aliphatic rings. The molecule has 5 fully saturated rings. The molecule has 124 valence electrons. The summed E-state index contributed by atoms with van der Waals surface area (Å²) in [5.74, 6) is 5.28. The highest BCUT2D eigenvalue weighted by Crippen LogP contribution is 2.70. The zero-order valence-electron chi connectivity index (χ0n) is 13.5. The van der Waals surface area contributed by atoms with Crippen molar-refractivity contribution in [2.75, 3.05) is 0 Å². The van der Waals surface area contributed by atoms with Crippen LogP contribution in [0.2, 0.25) is 0 Å². The second-order valence-electron chi connectivity index (χ2n) is 9.58. The van der Waals surface area contributed by atoms with Gasteiger partial charge < -0.3 is 10.2 Å². The highest BCUT2D eigenvalue weighted by Gasteiger charge is 2.65. The van der Waals surface area contributed by atoms with Gasteiger partial charge in [-0.1, -0.05) is 11.6 Å². The maximum Gasteiger partial charge on any atom is 0.306 e. The predicted octanol–water partition coefficient (Wildman–Crippen LogP) is 2.94. The third-order valence-corrected chi connectivity index (χ3v) is 8.98. The Morgan fingerprint density at radius 2 is 1.83 bits per heavy atom. The number of fused-ring (bicyclic) bond motifs is 11. The summed E-state index contributed by atoms with van der Waals surface area (Å²) in [4.78, 5) is 11.6. The molecule has 0 aliphatic heterocycles. The summed E-state index contributed by atoms with van der Waals surface area (Å²) in [6.45, 7) is 0. The quantitative estimate of drug-likeness (QED) is 0.608. The van der Waals surface area contributed by atoms with Crippen LogP contribution in [0.3, 0.4) is 0 Å². The van der Waals surface area contributed by atoms with E-state index in [1.165, 1.54) is 25.7 Å². The second kappa shape index (κ2) is 4.22. The minimum absolute atomic E-state index is 0.0625. The molecule has 0 aromatic rings. The van der Waals surface area contributed by atoms with Crippen LogP contribution in [-0.2, 0) is 4.79 Å². The molecule has 3 nitrogen and oxygen atoms in total. The largest absolute Gasteiger partial charge is 0.481 e. The molecule has 3 heteroatoms. The van der Waals surface area contributed by atoms with Crippen molar-refractivity contribution in [3.63, 3.8) is 0 Å². The van der Waals surface area contributed by atoms with E-state index in [1.807, 2.05) is 0 Å². The molecular weight excluding hydrogens is 288 g/mol. The molecule has 6 rings (SSSR count). The van der Waals surface area contributed by atoms with Gasteiger partial charge in [-0.05, 0) is 91.8 Å². The Morgan fingerprint density at radius 3 is 2.57 bits per heavy atom. The van der Waals surface area contributed by atoms with Crippen LogP contribution < -0.4 is 0 Å². The predicted molar refractivity (Wildman–Crippen MR) is 84.3 cm³/mol. The van der Waals surface area contributed by atoms with Crippen LogP contribution in [0.4, 0.5) is 0 Å². The molecule has 0 radical (unpaired) electrons. The van der Waals surface area contributed by atoms with Gasteiger partial charge in [0.25, 0.3) is 0 Å². The van der Waals surface area contributed by atoms with Crippen LogP contribution in [0.5, 0.6) is 0 Å². The van der Waals surface area contributed by atoms with Crippen molar-refractivity contribution in [3.05, 3.63) is 11.6 Å². The van der Waals surface area contributed by atoms with Crippen molar-refractivity contribution < 1.29 is 15.0 Å². The van der Waals surface area contributed by atoms with Gasteiger partial charge in [-0.25, -0.2) is 0 Å². The van der Waals surface area contributed by atoms with Crippen molar-refractivity contribution in [2.45, 2.75) is 44.6 Å². The topological polar surface area (TPSA) is 57.5 Å². The molecule has 0 aromatic heterocycles. The molecule has 0 amide bonds. The van der Waals surface area contributed by atoms with Gasteiger partial charge in [0.2, 0.25) is 0 Å². The number of rotatable bonds is 2. The molecule has 0 spiro atoms. The minimum atomic E-state index is -0.542. The lowest BCUT2D eigenvalue weighted by Gasteiger charge is -2.40. The molecule has 0 saturated heterocycles. The fourth-order valence-electron chi connectivity index (χ4n) is 8.55. The van der Waals surface area contributed by atoms with Gasteiger partial charge in [0, 0.05) is 0 Å². The van der Waals surface area contributed by atoms with Crippen LogP contribution in [0.25, 0.3) is 0 Å². The Kier molecular flexibility index (Phi) is 2.47. The lowest BCUT2D eigenvalue weighted by atomic mass is 9.64. The fraction of sp³-hybridized carbons (Fsp3) is 0.850. The van der Waals surface area contributed by atoms with E-state index in [4.69, 9.17) is 0 Å². The summed E-state index contributed by atoms with van der Waals surface area (Å²) >= 11 is 0. The molecule has 23 heavy (non-hydrogen) atoms. The normalized spacial score (nSPS) is 61.3. The van der Waals surface area contributed by atoms with Gasteiger partial charge in [-0.15, -0.1) is 0 Å². The molecule has 11 unspecified atom stereocenters. The second-order valence-corrected chi connectivity index (χ2v) is 9.58. The summed E-state index contributed by atoms with van der Waals surface area (Å²) < 4.78 is 0. The summed E-state index contributed by atoms with van der Waals surface area (Å²) in [5, 5.41) is 19.9. The van der Waals surface area contributed by atoms with Crippen LogP contribution >= 0.6 is 0 Å². The molecule has 11 atom stereocenters. The summed E-state index contributed by atoms with van der Waals surface area (Å²) in [5.41, 5.74) is 1.67. The summed E-state index contributed by atoms with van der Waals surface area (Å²) in [6.07, 6.45) is 9.53. The smallest absolute Gasteiger partial charge is 0.306 e. The van der Waals surface area contributed by atoms with E-state index >= 15 is 0 Å². The van der Waals surface area contributed by atoms with Crippen LogP contribution in [0.15, 0.2) is 11.6 Å². The highest BCUT2D eigenvalue weighted by molar-refractivity contribution is 5.71. The lowest BCUT2D eigenvalue weighted by molar-refractivity contribution is -0.144. The molecule has 0 aromatic carbocycles. The van der Waals surface area contributed by atoms with E-state index in [0.717, 1.165) is 30.6 Å². The zero-order chi connectivity index (χ0) is 15.5. The monoisotopic (exact) mass is 314 g/mol. The van der Waals surface area contributed by atoms with Crippen LogP contribution in [0.1, 0.15) is 38.5 Å². The summed E-state index contributed by atoms with van der Waals surface area (Å²) in [6, 6.07) is 0. The molecule has 6 bridgehead atoms. The Morgan fingerprint density at radius 1 is 0.957 bits per heavy atom. The zero-order valence-corrected chi connectivity index (χ0v) is 13.5. The number of hydrogen-bond acceptors (Lipinski definition) is 2.